The molecule has 0 spiro atoms. The number of hydrogen-bond acceptors (Lipinski definition) is 4. The number of hydrogen-bond donors (Lipinski definition) is 1. The zero-order valence-corrected chi connectivity index (χ0v) is 9.82. The van der Waals surface area contributed by atoms with Crippen LogP contribution in [0.25, 0.3) is 0 Å². The molecule has 0 saturated heterocycles. The van der Waals surface area contributed by atoms with Gasteiger partial charge in [0.1, 0.15) is 0 Å². The number of aromatic nitrogens is 1. The summed E-state index contributed by atoms with van der Waals surface area (Å²) in [6.45, 7) is 4.21. The lowest BCUT2D eigenvalue weighted by atomic mass is 9.95. The SMILES string of the molecule is CCOC(=O)C1C(=O)NCc2ccc(C)nc21. The zero-order valence-electron chi connectivity index (χ0n) is 9.82. The maximum Gasteiger partial charge on any atom is 0.324 e. The van der Waals surface area contributed by atoms with Gasteiger partial charge in [-0.15, -0.1) is 0 Å². The number of nitrogens with one attached hydrogen (secondary N) is 1. The highest BCUT2D eigenvalue weighted by atomic mass is 16.5. The van der Waals surface area contributed by atoms with Gasteiger partial charge in [-0.3, -0.25) is 14.6 Å². The van der Waals surface area contributed by atoms with E-state index in [2.05, 4.69) is 10.3 Å². The Morgan fingerprint density at radius 1 is 1.59 bits per heavy atom. The number of ether oxygens (including phenoxy) is 1. The van der Waals surface area contributed by atoms with E-state index in [0.717, 1.165) is 11.3 Å². The summed E-state index contributed by atoms with van der Waals surface area (Å²) in [6.07, 6.45) is 0. The van der Waals surface area contributed by atoms with Crippen molar-refractivity contribution in [3.05, 3.63) is 29.1 Å². The van der Waals surface area contributed by atoms with Gasteiger partial charge in [0.25, 0.3) is 0 Å². The molecule has 0 saturated carbocycles. The molecule has 5 nitrogen and oxygen atoms in total. The Kier molecular flexibility index (Phi) is 3.08. The standard InChI is InChI=1S/C12H14N2O3/c1-3-17-12(16)9-10-8(6-13-11(9)15)5-4-7(2)14-10/h4-5,9H,3,6H2,1-2H3,(H,13,15). The number of fused-ring (bicyclic) bond motifs is 1. The molecule has 1 aromatic rings. The number of carbonyl (C=O) groups excluding carboxylic acids is 2. The van der Waals surface area contributed by atoms with E-state index < -0.39 is 11.9 Å². The fourth-order valence-corrected chi connectivity index (χ4v) is 1.86. The highest BCUT2D eigenvalue weighted by Gasteiger charge is 2.36. The molecule has 1 N–H and O–H groups in total. The molecule has 0 aliphatic carbocycles. The fraction of sp³-hybridized carbons (Fsp3) is 0.417. The molecule has 5 heteroatoms. The third-order valence-electron chi connectivity index (χ3n) is 2.66. The Morgan fingerprint density at radius 3 is 3.06 bits per heavy atom. The zero-order chi connectivity index (χ0) is 12.4. The van der Waals surface area contributed by atoms with Gasteiger partial charge < -0.3 is 10.1 Å². The molecule has 1 aliphatic rings. The minimum absolute atomic E-state index is 0.254. The molecule has 1 aliphatic heterocycles. The van der Waals surface area contributed by atoms with Crippen molar-refractivity contribution >= 4 is 11.9 Å². The Bertz CT molecular complexity index is 471. The van der Waals surface area contributed by atoms with Crippen LogP contribution in [0.3, 0.4) is 0 Å². The number of amides is 1. The third-order valence-corrected chi connectivity index (χ3v) is 2.66. The normalized spacial score (nSPS) is 18.2. The van der Waals surface area contributed by atoms with Gasteiger partial charge in [-0.05, 0) is 25.5 Å². The van der Waals surface area contributed by atoms with Crippen molar-refractivity contribution < 1.29 is 14.3 Å². The van der Waals surface area contributed by atoms with E-state index in [1.165, 1.54) is 0 Å². The lowest BCUT2D eigenvalue weighted by Crippen LogP contribution is -2.40. The van der Waals surface area contributed by atoms with Crippen molar-refractivity contribution in [2.45, 2.75) is 26.3 Å². The maximum absolute atomic E-state index is 11.8. The molecule has 1 aromatic heterocycles. The second-order valence-corrected chi connectivity index (χ2v) is 3.90. The molecular formula is C12H14N2O3. The minimum atomic E-state index is -0.932. The van der Waals surface area contributed by atoms with Gasteiger partial charge in [0, 0.05) is 12.2 Å². The summed E-state index contributed by atoms with van der Waals surface area (Å²) in [4.78, 5) is 27.8. The van der Waals surface area contributed by atoms with Crippen LogP contribution in [0.1, 0.15) is 29.8 Å². The largest absolute Gasteiger partial charge is 0.465 e. The summed E-state index contributed by atoms with van der Waals surface area (Å²) >= 11 is 0. The fourth-order valence-electron chi connectivity index (χ4n) is 1.86. The quantitative estimate of drug-likeness (QED) is 0.603. The molecule has 17 heavy (non-hydrogen) atoms. The number of rotatable bonds is 2. The Labute approximate surface area is 99.2 Å². The number of esters is 1. The Morgan fingerprint density at radius 2 is 2.35 bits per heavy atom. The Balaban J connectivity index is 2.42. The van der Waals surface area contributed by atoms with Crippen LogP contribution < -0.4 is 5.32 Å². The number of aryl methyl sites for hydroxylation is 1. The van der Waals surface area contributed by atoms with Crippen LogP contribution in [0.5, 0.6) is 0 Å². The molecular weight excluding hydrogens is 220 g/mol. The van der Waals surface area contributed by atoms with Crippen molar-refractivity contribution in [2.24, 2.45) is 0 Å². The van der Waals surface area contributed by atoms with Crippen LogP contribution >= 0.6 is 0 Å². The smallest absolute Gasteiger partial charge is 0.324 e. The topological polar surface area (TPSA) is 68.3 Å². The summed E-state index contributed by atoms with van der Waals surface area (Å²) in [7, 11) is 0. The molecule has 0 fully saturated rings. The first-order valence-corrected chi connectivity index (χ1v) is 5.54. The van der Waals surface area contributed by atoms with Crippen LogP contribution in [-0.4, -0.2) is 23.5 Å². The van der Waals surface area contributed by atoms with Crippen LogP contribution in [-0.2, 0) is 20.9 Å². The van der Waals surface area contributed by atoms with Crippen molar-refractivity contribution in [2.75, 3.05) is 6.61 Å². The average molecular weight is 234 g/mol. The second kappa shape index (κ2) is 4.53. The summed E-state index contributed by atoms with van der Waals surface area (Å²) in [6, 6.07) is 3.74. The van der Waals surface area contributed by atoms with Gasteiger partial charge in [0.15, 0.2) is 5.92 Å². The van der Waals surface area contributed by atoms with Crippen molar-refractivity contribution in [3.63, 3.8) is 0 Å². The van der Waals surface area contributed by atoms with E-state index in [-0.39, 0.29) is 12.5 Å². The Hall–Kier alpha value is -1.91. The minimum Gasteiger partial charge on any atom is -0.465 e. The molecule has 1 atom stereocenters. The van der Waals surface area contributed by atoms with Crippen LogP contribution in [0.2, 0.25) is 0 Å². The number of pyridine rings is 1. The molecule has 0 radical (unpaired) electrons. The molecule has 2 rings (SSSR count). The third kappa shape index (κ3) is 2.13. The van der Waals surface area contributed by atoms with Gasteiger partial charge in [-0.25, -0.2) is 0 Å². The summed E-state index contributed by atoms with van der Waals surface area (Å²) < 4.78 is 4.91. The van der Waals surface area contributed by atoms with Gasteiger partial charge in [0.2, 0.25) is 5.91 Å². The van der Waals surface area contributed by atoms with Crippen LogP contribution in [0.4, 0.5) is 0 Å². The van der Waals surface area contributed by atoms with Crippen molar-refractivity contribution in [1.29, 1.82) is 0 Å². The maximum atomic E-state index is 11.8. The highest BCUT2D eigenvalue weighted by Crippen LogP contribution is 2.24. The van der Waals surface area contributed by atoms with Gasteiger partial charge >= 0.3 is 5.97 Å². The van der Waals surface area contributed by atoms with Crippen molar-refractivity contribution in [3.8, 4) is 0 Å². The van der Waals surface area contributed by atoms with Gasteiger partial charge in [-0.1, -0.05) is 6.07 Å². The lowest BCUT2D eigenvalue weighted by molar-refractivity contribution is -0.148. The summed E-state index contributed by atoms with van der Waals surface area (Å²) in [5, 5.41) is 2.67. The van der Waals surface area contributed by atoms with E-state index in [9.17, 15) is 9.59 Å². The summed E-state index contributed by atoms with van der Waals surface area (Å²) in [5.41, 5.74) is 2.17. The predicted octanol–water partition coefficient (Wildman–Crippen LogP) is 0.667. The van der Waals surface area contributed by atoms with E-state index in [4.69, 9.17) is 4.74 Å². The van der Waals surface area contributed by atoms with Gasteiger partial charge in [-0.2, -0.15) is 0 Å². The highest BCUT2D eigenvalue weighted by molar-refractivity contribution is 6.04. The van der Waals surface area contributed by atoms with E-state index in [1.807, 2.05) is 19.1 Å². The lowest BCUT2D eigenvalue weighted by Gasteiger charge is -2.23. The molecule has 90 valence electrons. The second-order valence-electron chi connectivity index (χ2n) is 3.90. The number of nitrogens with zero attached hydrogens (tertiary/aromatic N) is 1. The first kappa shape index (κ1) is 11.6. The molecule has 1 amide bonds. The first-order valence-electron chi connectivity index (χ1n) is 5.54. The van der Waals surface area contributed by atoms with E-state index in [0.29, 0.717) is 12.2 Å². The molecule has 1 unspecified atom stereocenters. The predicted molar refractivity (Wildman–Crippen MR) is 60.2 cm³/mol. The molecule has 2 heterocycles. The monoisotopic (exact) mass is 234 g/mol. The van der Waals surface area contributed by atoms with E-state index >= 15 is 0 Å². The molecule has 0 aromatic carbocycles. The first-order chi connectivity index (χ1) is 8.13. The van der Waals surface area contributed by atoms with Crippen LogP contribution in [0, 0.1) is 6.92 Å². The number of carbonyl (C=O) groups is 2. The summed E-state index contributed by atoms with van der Waals surface area (Å²) in [5.74, 6) is -1.81. The van der Waals surface area contributed by atoms with Crippen LogP contribution in [0.15, 0.2) is 12.1 Å². The van der Waals surface area contributed by atoms with Gasteiger partial charge in [0.05, 0.1) is 12.3 Å². The molecule has 0 bridgehead atoms. The average Bonchev–Trinajstić information content (AvgIpc) is 2.28. The van der Waals surface area contributed by atoms with Crippen molar-refractivity contribution in [1.82, 2.24) is 10.3 Å². The van der Waals surface area contributed by atoms with E-state index in [1.54, 1.807) is 6.92 Å².